The number of rotatable bonds is 3. The van der Waals surface area contributed by atoms with Gasteiger partial charge in [-0.05, 0) is 19.4 Å². The van der Waals surface area contributed by atoms with Gasteiger partial charge in [0, 0.05) is 13.1 Å². The standard InChI is InChI=1S/C16H21NO4/c1-16(2)20-10-14(21-16)13-9-17(15(18)11-19-13)8-12-6-4-3-5-7-12/h3-7,13-14H,8-11H2,1-2H3/t13-,14-/m0/s1. The number of benzene rings is 1. The summed E-state index contributed by atoms with van der Waals surface area (Å²) in [6.45, 7) is 5.54. The lowest BCUT2D eigenvalue weighted by Crippen LogP contribution is -2.51. The summed E-state index contributed by atoms with van der Waals surface area (Å²) >= 11 is 0. The predicted molar refractivity (Wildman–Crippen MR) is 76.5 cm³/mol. The zero-order chi connectivity index (χ0) is 14.9. The molecule has 5 nitrogen and oxygen atoms in total. The fourth-order valence-electron chi connectivity index (χ4n) is 2.72. The Morgan fingerprint density at radius 2 is 2.00 bits per heavy atom. The van der Waals surface area contributed by atoms with Crippen LogP contribution in [0.15, 0.2) is 30.3 Å². The number of nitrogens with zero attached hydrogens (tertiary/aromatic N) is 1. The van der Waals surface area contributed by atoms with E-state index >= 15 is 0 Å². The molecule has 3 rings (SSSR count). The van der Waals surface area contributed by atoms with Crippen LogP contribution in [0.25, 0.3) is 0 Å². The highest BCUT2D eigenvalue weighted by atomic mass is 16.7. The smallest absolute Gasteiger partial charge is 0.248 e. The van der Waals surface area contributed by atoms with Gasteiger partial charge in [-0.3, -0.25) is 4.79 Å². The second-order valence-corrected chi connectivity index (χ2v) is 5.98. The van der Waals surface area contributed by atoms with Gasteiger partial charge in [0.2, 0.25) is 5.91 Å². The Hall–Kier alpha value is -1.43. The number of ether oxygens (including phenoxy) is 3. The van der Waals surface area contributed by atoms with Crippen LogP contribution in [-0.4, -0.2) is 48.6 Å². The third-order valence-corrected chi connectivity index (χ3v) is 3.84. The van der Waals surface area contributed by atoms with Gasteiger partial charge in [0.1, 0.15) is 18.8 Å². The number of carbonyl (C=O) groups excluding carboxylic acids is 1. The van der Waals surface area contributed by atoms with E-state index in [2.05, 4.69) is 0 Å². The molecule has 0 saturated carbocycles. The summed E-state index contributed by atoms with van der Waals surface area (Å²) in [5.74, 6) is -0.548. The normalized spacial score (nSPS) is 28.9. The fraction of sp³-hybridized carbons (Fsp3) is 0.562. The summed E-state index contributed by atoms with van der Waals surface area (Å²) < 4.78 is 17.1. The lowest BCUT2D eigenvalue weighted by molar-refractivity contribution is -0.174. The summed E-state index contributed by atoms with van der Waals surface area (Å²) in [5, 5.41) is 0. The van der Waals surface area contributed by atoms with E-state index in [4.69, 9.17) is 14.2 Å². The Morgan fingerprint density at radius 3 is 2.67 bits per heavy atom. The molecule has 5 heteroatoms. The molecule has 2 saturated heterocycles. The molecule has 2 heterocycles. The molecule has 1 aromatic carbocycles. The SMILES string of the molecule is CC1(C)OC[C@@H]([C@@H]2CN(Cc3ccccc3)C(=O)CO2)O1. The minimum absolute atomic E-state index is 0.0216. The van der Waals surface area contributed by atoms with Gasteiger partial charge in [0.05, 0.1) is 6.61 Å². The quantitative estimate of drug-likeness (QED) is 0.848. The summed E-state index contributed by atoms with van der Waals surface area (Å²) in [7, 11) is 0. The van der Waals surface area contributed by atoms with Crippen molar-refractivity contribution < 1.29 is 19.0 Å². The zero-order valence-corrected chi connectivity index (χ0v) is 12.5. The maximum atomic E-state index is 12.0. The molecule has 21 heavy (non-hydrogen) atoms. The molecule has 1 aromatic rings. The average Bonchev–Trinajstić information content (AvgIpc) is 2.83. The topological polar surface area (TPSA) is 48.0 Å². The van der Waals surface area contributed by atoms with E-state index < -0.39 is 5.79 Å². The van der Waals surface area contributed by atoms with Crippen LogP contribution in [0.3, 0.4) is 0 Å². The van der Waals surface area contributed by atoms with Crippen molar-refractivity contribution in [2.75, 3.05) is 19.8 Å². The molecule has 0 radical (unpaired) electrons. The second kappa shape index (κ2) is 5.75. The Bertz CT molecular complexity index is 502. The van der Waals surface area contributed by atoms with E-state index in [1.54, 1.807) is 0 Å². The van der Waals surface area contributed by atoms with Crippen LogP contribution >= 0.6 is 0 Å². The number of hydrogen-bond acceptors (Lipinski definition) is 4. The van der Waals surface area contributed by atoms with Crippen molar-refractivity contribution in [3.8, 4) is 0 Å². The molecule has 0 unspecified atom stereocenters. The van der Waals surface area contributed by atoms with Crippen molar-refractivity contribution in [2.45, 2.75) is 38.4 Å². The van der Waals surface area contributed by atoms with Gasteiger partial charge < -0.3 is 19.1 Å². The number of amides is 1. The summed E-state index contributed by atoms with van der Waals surface area (Å²) in [5.41, 5.74) is 1.12. The molecular weight excluding hydrogens is 270 g/mol. The molecule has 0 aromatic heterocycles. The Kier molecular flexibility index (Phi) is 3.97. The lowest BCUT2D eigenvalue weighted by Gasteiger charge is -2.35. The average molecular weight is 291 g/mol. The van der Waals surface area contributed by atoms with Crippen LogP contribution in [0.4, 0.5) is 0 Å². The molecule has 2 atom stereocenters. The Balaban J connectivity index is 1.64. The second-order valence-electron chi connectivity index (χ2n) is 5.98. The van der Waals surface area contributed by atoms with E-state index in [-0.39, 0.29) is 24.7 Å². The van der Waals surface area contributed by atoms with Gasteiger partial charge in [-0.1, -0.05) is 30.3 Å². The van der Waals surface area contributed by atoms with E-state index in [9.17, 15) is 4.79 Å². The van der Waals surface area contributed by atoms with Crippen LogP contribution in [0, 0.1) is 0 Å². The van der Waals surface area contributed by atoms with Gasteiger partial charge in [0.15, 0.2) is 5.79 Å². The molecule has 0 spiro atoms. The molecule has 0 bridgehead atoms. The van der Waals surface area contributed by atoms with E-state index in [0.29, 0.717) is 19.7 Å². The highest BCUT2D eigenvalue weighted by Gasteiger charge is 2.41. The van der Waals surface area contributed by atoms with Crippen molar-refractivity contribution in [1.82, 2.24) is 4.90 Å². The molecule has 0 N–H and O–H groups in total. The minimum atomic E-state index is -0.570. The van der Waals surface area contributed by atoms with Crippen LogP contribution in [-0.2, 0) is 25.5 Å². The first-order valence-electron chi connectivity index (χ1n) is 7.28. The van der Waals surface area contributed by atoms with Gasteiger partial charge in [-0.25, -0.2) is 0 Å². The Labute approximate surface area is 124 Å². The van der Waals surface area contributed by atoms with Crippen LogP contribution < -0.4 is 0 Å². The van der Waals surface area contributed by atoms with Gasteiger partial charge in [-0.15, -0.1) is 0 Å². The van der Waals surface area contributed by atoms with Crippen molar-refractivity contribution in [1.29, 1.82) is 0 Å². The van der Waals surface area contributed by atoms with Gasteiger partial charge in [-0.2, -0.15) is 0 Å². The first kappa shape index (κ1) is 14.5. The predicted octanol–water partition coefficient (Wildman–Crippen LogP) is 1.57. The van der Waals surface area contributed by atoms with Crippen molar-refractivity contribution >= 4 is 5.91 Å². The van der Waals surface area contributed by atoms with E-state index in [1.165, 1.54) is 0 Å². The highest BCUT2D eigenvalue weighted by molar-refractivity contribution is 5.78. The molecule has 1 amide bonds. The van der Waals surface area contributed by atoms with Crippen LogP contribution in [0.2, 0.25) is 0 Å². The van der Waals surface area contributed by atoms with Crippen molar-refractivity contribution in [3.63, 3.8) is 0 Å². The zero-order valence-electron chi connectivity index (χ0n) is 12.5. The third kappa shape index (κ3) is 3.43. The Morgan fingerprint density at radius 1 is 1.24 bits per heavy atom. The number of hydrogen-bond donors (Lipinski definition) is 0. The summed E-state index contributed by atoms with van der Waals surface area (Å²) in [6.07, 6.45) is -0.250. The van der Waals surface area contributed by atoms with Crippen LogP contribution in [0.1, 0.15) is 19.4 Å². The molecule has 2 aliphatic rings. The maximum absolute atomic E-state index is 12.0. The van der Waals surface area contributed by atoms with Crippen molar-refractivity contribution in [2.24, 2.45) is 0 Å². The van der Waals surface area contributed by atoms with Gasteiger partial charge in [0.25, 0.3) is 0 Å². The van der Waals surface area contributed by atoms with E-state index in [1.807, 2.05) is 49.1 Å². The highest BCUT2D eigenvalue weighted by Crippen LogP contribution is 2.27. The first-order chi connectivity index (χ1) is 10.0. The molecule has 2 fully saturated rings. The molecule has 114 valence electrons. The first-order valence-corrected chi connectivity index (χ1v) is 7.28. The summed E-state index contributed by atoms with van der Waals surface area (Å²) in [4.78, 5) is 13.8. The molecular formula is C16H21NO4. The molecule has 0 aliphatic carbocycles. The third-order valence-electron chi connectivity index (χ3n) is 3.84. The fourth-order valence-corrected chi connectivity index (χ4v) is 2.72. The maximum Gasteiger partial charge on any atom is 0.248 e. The largest absolute Gasteiger partial charge is 0.364 e. The van der Waals surface area contributed by atoms with E-state index in [0.717, 1.165) is 5.56 Å². The molecule has 2 aliphatic heterocycles. The monoisotopic (exact) mass is 291 g/mol. The van der Waals surface area contributed by atoms with Crippen molar-refractivity contribution in [3.05, 3.63) is 35.9 Å². The lowest BCUT2D eigenvalue weighted by atomic mass is 10.1. The summed E-state index contributed by atoms with van der Waals surface area (Å²) in [6, 6.07) is 9.98. The van der Waals surface area contributed by atoms with Gasteiger partial charge >= 0.3 is 0 Å². The van der Waals surface area contributed by atoms with Crippen LogP contribution in [0.5, 0.6) is 0 Å². The number of morpholine rings is 1. The number of carbonyl (C=O) groups is 1. The minimum Gasteiger partial charge on any atom is -0.364 e.